The van der Waals surface area contributed by atoms with Crippen molar-refractivity contribution < 1.29 is 9.59 Å². The average Bonchev–Trinajstić information content (AvgIpc) is 3.40. The first-order valence-electron chi connectivity index (χ1n) is 13.2. The molecule has 2 N–H and O–H groups in total. The lowest BCUT2D eigenvalue weighted by Crippen LogP contribution is -2.49. The zero-order valence-electron chi connectivity index (χ0n) is 20.7. The van der Waals surface area contributed by atoms with Crippen LogP contribution in [0.3, 0.4) is 0 Å². The Labute approximate surface area is 211 Å². The predicted octanol–water partition coefficient (Wildman–Crippen LogP) is 4.72. The Balaban J connectivity index is 1.27. The van der Waals surface area contributed by atoms with Gasteiger partial charge in [-0.05, 0) is 66.8 Å². The first-order valence-corrected chi connectivity index (χ1v) is 13.2. The van der Waals surface area contributed by atoms with Gasteiger partial charge in [-0.25, -0.2) is 0 Å². The molecule has 2 atom stereocenters. The second-order valence-corrected chi connectivity index (χ2v) is 10.8. The molecule has 3 aliphatic rings. The topological polar surface area (TPSA) is 88.9 Å². The van der Waals surface area contributed by atoms with Gasteiger partial charge in [0.2, 0.25) is 5.91 Å². The van der Waals surface area contributed by atoms with E-state index in [1.54, 1.807) is 25.5 Å². The van der Waals surface area contributed by atoms with Gasteiger partial charge in [-0.2, -0.15) is 5.10 Å². The van der Waals surface area contributed by atoms with Crippen molar-refractivity contribution >= 4 is 17.5 Å². The summed E-state index contributed by atoms with van der Waals surface area (Å²) in [4.78, 5) is 31.8. The van der Waals surface area contributed by atoms with Crippen molar-refractivity contribution in [2.45, 2.75) is 69.2 Å². The molecule has 0 radical (unpaired) electrons. The molecule has 2 aromatic heterocycles. The molecular weight excluding hydrogens is 450 g/mol. The van der Waals surface area contributed by atoms with Crippen LogP contribution < -0.4 is 10.6 Å². The standard InChI is InChI=1S/C29H33N5O2/c1-34-24(13-16-31-34)27(35)33-26(25-22-10-6-5-9-20(22)17-29(25)14-15-29)28(36)32-21-11-12-23(30-18-21)19-7-3-2-4-8-19/h5-6,9-13,16,18-19,25-26H,2-4,7-8,14-15,17H2,1H3,(H,32,36)(H,33,35)/t25?,26-/m0/s1. The summed E-state index contributed by atoms with van der Waals surface area (Å²) in [6.45, 7) is 0. The number of hydrogen-bond donors (Lipinski definition) is 2. The highest BCUT2D eigenvalue weighted by molar-refractivity contribution is 6.01. The van der Waals surface area contributed by atoms with E-state index in [1.165, 1.54) is 47.9 Å². The molecule has 7 heteroatoms. The van der Waals surface area contributed by atoms with Gasteiger partial charge < -0.3 is 10.6 Å². The fourth-order valence-electron chi connectivity index (χ4n) is 6.45. The largest absolute Gasteiger partial charge is 0.338 e. The maximum Gasteiger partial charge on any atom is 0.270 e. The maximum absolute atomic E-state index is 13.8. The molecule has 7 nitrogen and oxygen atoms in total. The summed E-state index contributed by atoms with van der Waals surface area (Å²) in [6.07, 6.45) is 12.6. The average molecular weight is 484 g/mol. The molecule has 6 rings (SSSR count). The molecule has 2 fully saturated rings. The highest BCUT2D eigenvalue weighted by atomic mass is 16.2. The number of carbonyl (C=O) groups excluding carboxylic acids is 2. The number of carbonyl (C=O) groups is 2. The van der Waals surface area contributed by atoms with Crippen molar-refractivity contribution in [3.8, 4) is 0 Å². The zero-order valence-corrected chi connectivity index (χ0v) is 20.7. The number of anilines is 1. The van der Waals surface area contributed by atoms with Crippen molar-refractivity contribution in [3.05, 3.63) is 77.4 Å². The number of amides is 2. The fraction of sp³-hybridized carbons (Fsp3) is 0.448. The smallest absolute Gasteiger partial charge is 0.270 e. The van der Waals surface area contributed by atoms with Crippen LogP contribution in [0.15, 0.2) is 54.9 Å². The molecule has 2 saturated carbocycles. The number of aromatic nitrogens is 3. The van der Waals surface area contributed by atoms with Crippen molar-refractivity contribution in [2.75, 3.05) is 5.32 Å². The molecule has 1 spiro atoms. The number of pyridine rings is 1. The molecule has 2 heterocycles. The monoisotopic (exact) mass is 483 g/mol. The van der Waals surface area contributed by atoms with Gasteiger partial charge in [0.1, 0.15) is 11.7 Å². The molecule has 3 aliphatic carbocycles. The Morgan fingerprint density at radius 1 is 1.06 bits per heavy atom. The maximum atomic E-state index is 13.8. The van der Waals surface area contributed by atoms with E-state index in [0.29, 0.717) is 17.3 Å². The van der Waals surface area contributed by atoms with Crippen molar-refractivity contribution in [1.82, 2.24) is 20.1 Å². The molecule has 186 valence electrons. The Morgan fingerprint density at radius 3 is 2.56 bits per heavy atom. The molecule has 0 aliphatic heterocycles. The number of nitrogens with zero attached hydrogens (tertiary/aromatic N) is 3. The van der Waals surface area contributed by atoms with E-state index in [0.717, 1.165) is 25.0 Å². The summed E-state index contributed by atoms with van der Waals surface area (Å²) in [7, 11) is 1.73. The second kappa shape index (κ2) is 9.19. The lowest BCUT2D eigenvalue weighted by molar-refractivity contribution is -0.118. The second-order valence-electron chi connectivity index (χ2n) is 10.8. The third-order valence-corrected chi connectivity index (χ3v) is 8.52. The predicted molar refractivity (Wildman–Crippen MR) is 138 cm³/mol. The number of fused-ring (bicyclic) bond motifs is 1. The van der Waals surface area contributed by atoms with E-state index < -0.39 is 6.04 Å². The van der Waals surface area contributed by atoms with Crippen LogP contribution in [0.1, 0.15) is 84.1 Å². The van der Waals surface area contributed by atoms with Gasteiger partial charge in [0, 0.05) is 30.8 Å². The highest BCUT2D eigenvalue weighted by Gasteiger charge is 2.58. The van der Waals surface area contributed by atoms with Gasteiger partial charge in [0.15, 0.2) is 0 Å². The van der Waals surface area contributed by atoms with Gasteiger partial charge in [0.05, 0.1) is 11.9 Å². The number of rotatable bonds is 6. The molecule has 0 saturated heterocycles. The van der Waals surface area contributed by atoms with Crippen molar-refractivity contribution in [2.24, 2.45) is 12.5 Å². The quantitative estimate of drug-likeness (QED) is 0.531. The summed E-state index contributed by atoms with van der Waals surface area (Å²) in [5.41, 5.74) is 4.69. The van der Waals surface area contributed by atoms with E-state index >= 15 is 0 Å². The van der Waals surface area contributed by atoms with Gasteiger partial charge in [-0.3, -0.25) is 19.3 Å². The Morgan fingerprint density at radius 2 is 1.86 bits per heavy atom. The van der Waals surface area contributed by atoms with Crippen LogP contribution in [-0.4, -0.2) is 32.6 Å². The lowest BCUT2D eigenvalue weighted by Gasteiger charge is -2.29. The van der Waals surface area contributed by atoms with E-state index in [4.69, 9.17) is 0 Å². The van der Waals surface area contributed by atoms with E-state index in [2.05, 4.69) is 38.9 Å². The van der Waals surface area contributed by atoms with Gasteiger partial charge >= 0.3 is 0 Å². The minimum atomic E-state index is -0.698. The van der Waals surface area contributed by atoms with Crippen LogP contribution in [0.2, 0.25) is 0 Å². The van der Waals surface area contributed by atoms with Crippen LogP contribution >= 0.6 is 0 Å². The molecule has 36 heavy (non-hydrogen) atoms. The van der Waals surface area contributed by atoms with Crippen LogP contribution in [0.25, 0.3) is 0 Å². The van der Waals surface area contributed by atoms with E-state index in [-0.39, 0.29) is 23.1 Å². The van der Waals surface area contributed by atoms with Crippen LogP contribution in [-0.2, 0) is 18.3 Å². The molecule has 1 unspecified atom stereocenters. The molecule has 3 aromatic rings. The Bertz CT molecular complexity index is 1270. The van der Waals surface area contributed by atoms with Crippen LogP contribution in [0, 0.1) is 5.41 Å². The number of aryl methyl sites for hydroxylation is 1. The highest BCUT2D eigenvalue weighted by Crippen LogP contribution is 2.64. The molecule has 1 aromatic carbocycles. The zero-order chi connectivity index (χ0) is 24.7. The summed E-state index contributed by atoms with van der Waals surface area (Å²) in [6, 6.07) is 13.3. The fourth-order valence-corrected chi connectivity index (χ4v) is 6.45. The molecule has 0 bridgehead atoms. The minimum Gasteiger partial charge on any atom is -0.338 e. The normalized spacial score (nSPS) is 21.1. The van der Waals surface area contributed by atoms with Gasteiger partial charge in [-0.15, -0.1) is 0 Å². The molecular formula is C29H33N5O2. The Kier molecular flexibility index (Phi) is 5.86. The molecule has 2 amide bonds. The lowest BCUT2D eigenvalue weighted by atomic mass is 9.82. The number of benzene rings is 1. The Hall–Kier alpha value is -3.48. The number of hydrogen-bond acceptors (Lipinski definition) is 4. The third-order valence-electron chi connectivity index (χ3n) is 8.52. The van der Waals surface area contributed by atoms with Crippen LogP contribution in [0.5, 0.6) is 0 Å². The van der Waals surface area contributed by atoms with E-state index in [9.17, 15) is 9.59 Å². The van der Waals surface area contributed by atoms with Gasteiger partial charge in [0.25, 0.3) is 5.91 Å². The SMILES string of the molecule is Cn1nccc1C(=O)N[C@H](C(=O)Nc1ccc(C2CCCCC2)nc1)C1c2ccccc2CC12CC2. The summed E-state index contributed by atoms with van der Waals surface area (Å²) in [5.74, 6) is -0.0497. The summed E-state index contributed by atoms with van der Waals surface area (Å²) >= 11 is 0. The first kappa shape index (κ1) is 23.0. The summed E-state index contributed by atoms with van der Waals surface area (Å²) in [5, 5.41) is 10.3. The van der Waals surface area contributed by atoms with Crippen molar-refractivity contribution in [1.29, 1.82) is 0 Å². The van der Waals surface area contributed by atoms with Crippen LogP contribution in [0.4, 0.5) is 5.69 Å². The first-order chi connectivity index (χ1) is 17.5. The minimum absolute atomic E-state index is 0.0362. The van der Waals surface area contributed by atoms with E-state index in [1.807, 2.05) is 18.2 Å². The number of nitrogens with one attached hydrogen (secondary N) is 2. The van der Waals surface area contributed by atoms with Crippen molar-refractivity contribution in [3.63, 3.8) is 0 Å². The third kappa shape index (κ3) is 4.21. The summed E-state index contributed by atoms with van der Waals surface area (Å²) < 4.78 is 1.54. The van der Waals surface area contributed by atoms with Gasteiger partial charge in [-0.1, -0.05) is 43.5 Å².